The third-order valence-electron chi connectivity index (χ3n) is 5.65. The zero-order valence-corrected chi connectivity index (χ0v) is 19.9. The number of rotatable bonds is 11. The SMILES string of the molecule is O=S(=O)(c1ccccc1)c1ccc2[nH]cc(CCNCc3cccc(OCC(F)(F)C(F)F)c3)c2c1. The van der Waals surface area contributed by atoms with Crippen molar-refractivity contribution in [1.29, 1.82) is 0 Å². The molecule has 4 aromatic rings. The molecule has 0 amide bonds. The van der Waals surface area contributed by atoms with Gasteiger partial charge in [-0.05, 0) is 66.6 Å². The van der Waals surface area contributed by atoms with Crippen molar-refractivity contribution in [3.63, 3.8) is 0 Å². The second-order valence-electron chi connectivity index (χ2n) is 8.26. The number of benzene rings is 3. The first-order chi connectivity index (χ1) is 17.2. The summed E-state index contributed by atoms with van der Waals surface area (Å²) in [6.07, 6.45) is -1.35. The Balaban J connectivity index is 1.37. The van der Waals surface area contributed by atoms with Gasteiger partial charge in [0.2, 0.25) is 9.84 Å². The van der Waals surface area contributed by atoms with Gasteiger partial charge in [0.05, 0.1) is 9.79 Å². The van der Waals surface area contributed by atoms with Crippen LogP contribution in [-0.4, -0.2) is 38.9 Å². The fourth-order valence-electron chi connectivity index (χ4n) is 3.71. The highest BCUT2D eigenvalue weighted by atomic mass is 32.2. The van der Waals surface area contributed by atoms with Gasteiger partial charge in [0.25, 0.3) is 0 Å². The Morgan fingerprint density at radius 2 is 1.72 bits per heavy atom. The van der Waals surface area contributed by atoms with E-state index in [1.807, 2.05) is 6.20 Å². The molecule has 2 N–H and O–H groups in total. The van der Waals surface area contributed by atoms with E-state index in [1.54, 1.807) is 60.7 Å². The van der Waals surface area contributed by atoms with Gasteiger partial charge in [0.15, 0.2) is 6.61 Å². The molecule has 5 nitrogen and oxygen atoms in total. The number of fused-ring (bicyclic) bond motifs is 1. The Labute approximate surface area is 206 Å². The molecule has 3 aromatic carbocycles. The maximum atomic E-state index is 13.1. The Kier molecular flexibility index (Phi) is 7.65. The van der Waals surface area contributed by atoms with Crippen molar-refractivity contribution >= 4 is 20.7 Å². The largest absolute Gasteiger partial charge is 0.487 e. The zero-order valence-electron chi connectivity index (χ0n) is 19.1. The molecule has 0 spiro atoms. The van der Waals surface area contributed by atoms with E-state index in [0.717, 1.165) is 22.0 Å². The molecular formula is C26H24F4N2O3S. The van der Waals surface area contributed by atoms with E-state index in [9.17, 15) is 26.0 Å². The molecule has 1 aromatic heterocycles. The van der Waals surface area contributed by atoms with Crippen LogP contribution in [0, 0.1) is 0 Å². The summed E-state index contributed by atoms with van der Waals surface area (Å²) in [6.45, 7) is -0.445. The van der Waals surface area contributed by atoms with Gasteiger partial charge in [-0.25, -0.2) is 17.2 Å². The fourth-order valence-corrected chi connectivity index (χ4v) is 5.02. The van der Waals surface area contributed by atoms with Crippen molar-refractivity contribution in [1.82, 2.24) is 10.3 Å². The van der Waals surface area contributed by atoms with Gasteiger partial charge in [-0.15, -0.1) is 0 Å². The summed E-state index contributed by atoms with van der Waals surface area (Å²) in [7, 11) is -3.64. The van der Waals surface area contributed by atoms with Crippen LogP contribution in [0.1, 0.15) is 11.1 Å². The Morgan fingerprint density at radius 3 is 2.47 bits per heavy atom. The topological polar surface area (TPSA) is 71.2 Å². The Morgan fingerprint density at radius 1 is 0.944 bits per heavy atom. The van der Waals surface area contributed by atoms with E-state index in [1.165, 1.54) is 12.1 Å². The summed E-state index contributed by atoms with van der Waals surface area (Å²) >= 11 is 0. The van der Waals surface area contributed by atoms with Crippen molar-refractivity contribution in [3.05, 3.63) is 90.1 Å². The zero-order chi connectivity index (χ0) is 25.8. The normalized spacial score (nSPS) is 12.4. The monoisotopic (exact) mass is 520 g/mol. The summed E-state index contributed by atoms with van der Waals surface area (Å²) in [6, 6.07) is 19.5. The summed E-state index contributed by atoms with van der Waals surface area (Å²) in [4.78, 5) is 3.59. The van der Waals surface area contributed by atoms with Gasteiger partial charge in [0, 0.05) is 23.6 Å². The summed E-state index contributed by atoms with van der Waals surface area (Å²) in [5.74, 6) is -4.13. The predicted octanol–water partition coefficient (Wildman–Crippen LogP) is 5.61. The number of aromatic nitrogens is 1. The number of ether oxygens (including phenoxy) is 1. The number of aromatic amines is 1. The van der Waals surface area contributed by atoms with Crippen LogP contribution in [-0.2, 0) is 22.8 Å². The average molecular weight is 521 g/mol. The molecule has 1 heterocycles. The molecule has 0 bridgehead atoms. The van der Waals surface area contributed by atoms with E-state index < -0.39 is 28.8 Å². The maximum absolute atomic E-state index is 13.1. The first-order valence-electron chi connectivity index (χ1n) is 11.2. The van der Waals surface area contributed by atoms with Crippen LogP contribution in [0.25, 0.3) is 10.9 Å². The molecule has 0 aliphatic heterocycles. The Bertz CT molecular complexity index is 1420. The third kappa shape index (κ3) is 5.88. The highest BCUT2D eigenvalue weighted by Gasteiger charge is 2.41. The van der Waals surface area contributed by atoms with Crippen LogP contribution in [0.3, 0.4) is 0 Å². The number of hydrogen-bond acceptors (Lipinski definition) is 4. The van der Waals surface area contributed by atoms with Crippen LogP contribution in [0.4, 0.5) is 17.6 Å². The molecule has 0 unspecified atom stereocenters. The van der Waals surface area contributed by atoms with Crippen LogP contribution in [0.15, 0.2) is 88.8 Å². The van der Waals surface area contributed by atoms with Gasteiger partial charge in [-0.3, -0.25) is 0 Å². The first kappa shape index (κ1) is 25.7. The number of halogens is 4. The lowest BCUT2D eigenvalue weighted by Gasteiger charge is -2.16. The highest BCUT2D eigenvalue weighted by molar-refractivity contribution is 7.91. The molecule has 0 atom stereocenters. The van der Waals surface area contributed by atoms with Gasteiger partial charge >= 0.3 is 12.3 Å². The van der Waals surface area contributed by atoms with Crippen LogP contribution in [0.2, 0.25) is 0 Å². The quantitative estimate of drug-likeness (QED) is 0.199. The van der Waals surface area contributed by atoms with E-state index in [0.29, 0.717) is 19.5 Å². The lowest BCUT2D eigenvalue weighted by molar-refractivity contribution is -0.148. The van der Waals surface area contributed by atoms with Crippen LogP contribution in [0.5, 0.6) is 5.75 Å². The minimum Gasteiger partial charge on any atom is -0.487 e. The molecule has 0 fully saturated rings. The minimum atomic E-state index is -4.21. The van der Waals surface area contributed by atoms with Gasteiger partial charge in [0.1, 0.15) is 5.75 Å². The molecule has 36 heavy (non-hydrogen) atoms. The second-order valence-corrected chi connectivity index (χ2v) is 10.2. The van der Waals surface area contributed by atoms with Crippen molar-refractivity contribution in [2.24, 2.45) is 0 Å². The van der Waals surface area contributed by atoms with Crippen LogP contribution < -0.4 is 10.1 Å². The van der Waals surface area contributed by atoms with Gasteiger partial charge < -0.3 is 15.0 Å². The molecule has 190 valence electrons. The lowest BCUT2D eigenvalue weighted by atomic mass is 10.1. The smallest absolute Gasteiger partial charge is 0.340 e. The molecule has 0 saturated heterocycles. The molecule has 0 aliphatic rings. The Hall–Kier alpha value is -3.37. The van der Waals surface area contributed by atoms with Crippen molar-refractivity contribution in [2.45, 2.75) is 35.1 Å². The third-order valence-corrected chi connectivity index (χ3v) is 7.42. The number of sulfone groups is 1. The van der Waals surface area contributed by atoms with E-state index in [4.69, 9.17) is 4.74 Å². The van der Waals surface area contributed by atoms with E-state index in [2.05, 4.69) is 10.3 Å². The second kappa shape index (κ2) is 10.7. The fraction of sp³-hybridized carbons (Fsp3) is 0.231. The summed E-state index contributed by atoms with van der Waals surface area (Å²) in [5.41, 5.74) is 2.50. The number of alkyl halides is 4. The molecule has 0 saturated carbocycles. The standard InChI is InChI=1S/C26H24F4N2O3S/c27-25(28)26(29,30)17-35-20-6-4-5-18(13-20)15-31-12-11-19-16-32-24-10-9-22(14-23(19)24)36(33,34)21-7-2-1-3-8-21/h1-10,13-14,16,25,31-32H,11-12,15,17H2. The molecule has 4 rings (SSSR count). The number of H-pyrrole nitrogens is 1. The highest BCUT2D eigenvalue weighted by Crippen LogP contribution is 2.27. The molecular weight excluding hydrogens is 496 g/mol. The number of nitrogens with one attached hydrogen (secondary N) is 2. The van der Waals surface area contributed by atoms with Crippen molar-refractivity contribution in [3.8, 4) is 5.75 Å². The average Bonchev–Trinajstić information content (AvgIpc) is 3.28. The lowest BCUT2D eigenvalue weighted by Crippen LogP contribution is -2.33. The summed E-state index contributed by atoms with van der Waals surface area (Å²) in [5, 5.41) is 4.05. The van der Waals surface area contributed by atoms with Crippen LogP contribution >= 0.6 is 0 Å². The van der Waals surface area contributed by atoms with Gasteiger partial charge in [-0.2, -0.15) is 8.78 Å². The van der Waals surface area contributed by atoms with Gasteiger partial charge in [-0.1, -0.05) is 30.3 Å². The first-order valence-corrected chi connectivity index (χ1v) is 12.6. The van der Waals surface area contributed by atoms with E-state index in [-0.39, 0.29) is 15.5 Å². The maximum Gasteiger partial charge on any atom is 0.340 e. The van der Waals surface area contributed by atoms with Crippen molar-refractivity contribution < 1.29 is 30.7 Å². The van der Waals surface area contributed by atoms with E-state index >= 15 is 0 Å². The molecule has 0 aliphatic carbocycles. The summed E-state index contributed by atoms with van der Waals surface area (Å²) < 4.78 is 81.6. The molecule has 0 radical (unpaired) electrons. The molecule has 10 heteroatoms. The number of hydrogen-bond donors (Lipinski definition) is 2. The predicted molar refractivity (Wildman–Crippen MR) is 128 cm³/mol. The minimum absolute atomic E-state index is 0.0819. The van der Waals surface area contributed by atoms with Crippen molar-refractivity contribution in [2.75, 3.05) is 13.2 Å².